The van der Waals surface area contributed by atoms with Crippen LogP contribution in [-0.4, -0.2) is 25.7 Å². The molecule has 1 N–H and O–H groups in total. The first-order valence-corrected chi connectivity index (χ1v) is 6.13. The largest absolute Gasteiger partial charge is 0.462 e. The van der Waals surface area contributed by atoms with Crippen molar-refractivity contribution in [2.45, 2.75) is 19.8 Å². The number of hydrogen-bond acceptors (Lipinski definition) is 3. The van der Waals surface area contributed by atoms with Crippen LogP contribution in [0.15, 0.2) is 30.3 Å². The van der Waals surface area contributed by atoms with Crippen LogP contribution in [0.2, 0.25) is 0 Å². The second-order valence-electron chi connectivity index (χ2n) is 5.00. The molecule has 1 fully saturated rings. The summed E-state index contributed by atoms with van der Waals surface area (Å²) in [5, 5.41) is 3.32. The van der Waals surface area contributed by atoms with Crippen molar-refractivity contribution < 1.29 is 9.53 Å². The summed E-state index contributed by atoms with van der Waals surface area (Å²) in [4.78, 5) is 11.8. The van der Waals surface area contributed by atoms with Gasteiger partial charge < -0.3 is 10.1 Å². The maximum atomic E-state index is 11.8. The van der Waals surface area contributed by atoms with Gasteiger partial charge in [-0.05, 0) is 38.1 Å². The molecule has 1 heterocycles. The predicted molar refractivity (Wildman–Crippen MR) is 74.2 cm³/mol. The normalized spacial score (nSPS) is 17.6. The van der Waals surface area contributed by atoms with Gasteiger partial charge in [-0.15, -0.1) is 12.4 Å². The summed E-state index contributed by atoms with van der Waals surface area (Å²) in [6.45, 7) is 4.73. The summed E-state index contributed by atoms with van der Waals surface area (Å²) in [6, 6.07) is 9.16. The number of nitrogens with one attached hydrogen (secondary N) is 1. The second kappa shape index (κ2) is 6.76. The fourth-order valence-corrected chi connectivity index (χ4v) is 2.07. The highest BCUT2D eigenvalue weighted by molar-refractivity contribution is 5.89. The van der Waals surface area contributed by atoms with Crippen molar-refractivity contribution in [2.75, 3.05) is 19.7 Å². The van der Waals surface area contributed by atoms with E-state index in [1.165, 1.54) is 0 Å². The molecule has 0 aromatic heterocycles. The Morgan fingerprint density at radius 3 is 2.50 bits per heavy atom. The molecule has 1 saturated heterocycles. The van der Waals surface area contributed by atoms with Crippen molar-refractivity contribution in [2.24, 2.45) is 5.41 Å². The summed E-state index contributed by atoms with van der Waals surface area (Å²) in [7, 11) is 0. The van der Waals surface area contributed by atoms with E-state index in [0.29, 0.717) is 12.2 Å². The summed E-state index contributed by atoms with van der Waals surface area (Å²) >= 11 is 0. The third-order valence-electron chi connectivity index (χ3n) is 3.37. The Hall–Kier alpha value is -1.06. The lowest BCUT2D eigenvalue weighted by Crippen LogP contribution is -2.38. The van der Waals surface area contributed by atoms with E-state index >= 15 is 0 Å². The van der Waals surface area contributed by atoms with Crippen molar-refractivity contribution in [1.29, 1.82) is 0 Å². The van der Waals surface area contributed by atoms with Crippen LogP contribution in [0.5, 0.6) is 0 Å². The number of carbonyl (C=O) groups is 1. The molecule has 0 aliphatic carbocycles. The molecule has 0 amide bonds. The van der Waals surface area contributed by atoms with E-state index in [9.17, 15) is 4.79 Å². The average molecular weight is 270 g/mol. The van der Waals surface area contributed by atoms with Gasteiger partial charge in [-0.3, -0.25) is 0 Å². The van der Waals surface area contributed by atoms with Crippen molar-refractivity contribution in [3.8, 4) is 0 Å². The topological polar surface area (TPSA) is 38.3 Å². The lowest BCUT2D eigenvalue weighted by atomic mass is 9.82. The van der Waals surface area contributed by atoms with E-state index in [2.05, 4.69) is 12.2 Å². The standard InChI is InChI=1S/C14H19NO2.ClH/c1-14(7-9-15-10-8-14)11-17-13(16)12-5-3-2-4-6-12;/h2-6,15H,7-11H2,1H3;1H. The number of benzene rings is 1. The van der Waals surface area contributed by atoms with E-state index < -0.39 is 0 Å². The zero-order valence-electron chi connectivity index (χ0n) is 10.6. The number of piperidine rings is 1. The first kappa shape index (κ1) is 15.0. The van der Waals surface area contributed by atoms with Crippen molar-refractivity contribution in [1.82, 2.24) is 5.32 Å². The molecule has 4 heteroatoms. The van der Waals surface area contributed by atoms with E-state index in [4.69, 9.17) is 4.74 Å². The third kappa shape index (κ3) is 4.00. The predicted octanol–water partition coefficient (Wildman–Crippen LogP) is 2.65. The molecule has 0 bridgehead atoms. The summed E-state index contributed by atoms with van der Waals surface area (Å²) in [5.74, 6) is -0.217. The zero-order valence-corrected chi connectivity index (χ0v) is 11.5. The van der Waals surface area contributed by atoms with Gasteiger partial charge in [-0.2, -0.15) is 0 Å². The van der Waals surface area contributed by atoms with E-state index in [1.54, 1.807) is 12.1 Å². The number of rotatable bonds is 3. The van der Waals surface area contributed by atoms with Gasteiger partial charge in [-0.1, -0.05) is 25.1 Å². The number of esters is 1. The molecule has 0 spiro atoms. The van der Waals surface area contributed by atoms with Crippen LogP contribution in [-0.2, 0) is 4.74 Å². The van der Waals surface area contributed by atoms with Gasteiger partial charge in [0.05, 0.1) is 12.2 Å². The molecule has 1 aromatic carbocycles. The summed E-state index contributed by atoms with van der Waals surface area (Å²) in [6.07, 6.45) is 2.13. The van der Waals surface area contributed by atoms with Gasteiger partial charge >= 0.3 is 5.97 Å². The highest BCUT2D eigenvalue weighted by atomic mass is 35.5. The minimum Gasteiger partial charge on any atom is -0.462 e. The third-order valence-corrected chi connectivity index (χ3v) is 3.37. The molecule has 0 atom stereocenters. The molecule has 3 nitrogen and oxygen atoms in total. The molecule has 0 unspecified atom stereocenters. The Morgan fingerprint density at radius 2 is 1.89 bits per heavy atom. The van der Waals surface area contributed by atoms with Crippen LogP contribution in [0.1, 0.15) is 30.1 Å². The number of halogens is 1. The van der Waals surface area contributed by atoms with Crippen molar-refractivity contribution >= 4 is 18.4 Å². The van der Waals surface area contributed by atoms with Gasteiger partial charge in [0.1, 0.15) is 0 Å². The van der Waals surface area contributed by atoms with E-state index in [0.717, 1.165) is 25.9 Å². The minimum absolute atomic E-state index is 0. The van der Waals surface area contributed by atoms with Crippen LogP contribution >= 0.6 is 12.4 Å². The Labute approximate surface area is 114 Å². The maximum Gasteiger partial charge on any atom is 0.338 e. The molecule has 2 rings (SSSR count). The summed E-state index contributed by atoms with van der Waals surface area (Å²) in [5.41, 5.74) is 0.764. The fourth-order valence-electron chi connectivity index (χ4n) is 2.07. The molecule has 1 aliphatic rings. The Morgan fingerprint density at radius 1 is 1.28 bits per heavy atom. The van der Waals surface area contributed by atoms with Crippen LogP contribution in [0, 0.1) is 5.41 Å². The monoisotopic (exact) mass is 269 g/mol. The zero-order chi connectivity index (χ0) is 12.1. The second-order valence-corrected chi connectivity index (χ2v) is 5.00. The maximum absolute atomic E-state index is 11.8. The highest BCUT2D eigenvalue weighted by Crippen LogP contribution is 2.28. The van der Waals surface area contributed by atoms with Crippen LogP contribution in [0.25, 0.3) is 0 Å². The lowest BCUT2D eigenvalue weighted by molar-refractivity contribution is 0.0246. The van der Waals surface area contributed by atoms with Gasteiger partial charge in [0.25, 0.3) is 0 Å². The average Bonchev–Trinajstić information content (AvgIpc) is 2.38. The molecule has 1 aliphatic heterocycles. The van der Waals surface area contributed by atoms with Crippen LogP contribution in [0.3, 0.4) is 0 Å². The first-order chi connectivity index (χ1) is 8.20. The molecular formula is C14H20ClNO2. The fraction of sp³-hybridized carbons (Fsp3) is 0.500. The van der Waals surface area contributed by atoms with Crippen LogP contribution in [0.4, 0.5) is 0 Å². The van der Waals surface area contributed by atoms with Crippen LogP contribution < -0.4 is 5.32 Å². The molecular weight excluding hydrogens is 250 g/mol. The van der Waals surface area contributed by atoms with Gasteiger partial charge in [-0.25, -0.2) is 4.79 Å². The number of carbonyl (C=O) groups excluding carboxylic acids is 1. The minimum atomic E-state index is -0.217. The van der Waals surface area contributed by atoms with Gasteiger partial charge in [0.15, 0.2) is 0 Å². The van der Waals surface area contributed by atoms with Crippen molar-refractivity contribution in [3.05, 3.63) is 35.9 Å². The number of ether oxygens (including phenoxy) is 1. The molecule has 100 valence electrons. The Bertz CT molecular complexity index is 375. The quantitative estimate of drug-likeness (QED) is 0.858. The number of hydrogen-bond donors (Lipinski definition) is 1. The summed E-state index contributed by atoms with van der Waals surface area (Å²) < 4.78 is 5.40. The van der Waals surface area contributed by atoms with E-state index in [-0.39, 0.29) is 23.8 Å². The first-order valence-electron chi connectivity index (χ1n) is 6.13. The highest BCUT2D eigenvalue weighted by Gasteiger charge is 2.28. The molecule has 1 aromatic rings. The lowest BCUT2D eigenvalue weighted by Gasteiger charge is -2.33. The molecule has 0 saturated carbocycles. The Kier molecular flexibility index (Phi) is 5.63. The van der Waals surface area contributed by atoms with Crippen molar-refractivity contribution in [3.63, 3.8) is 0 Å². The Balaban J connectivity index is 0.00000162. The van der Waals surface area contributed by atoms with Gasteiger partial charge in [0, 0.05) is 5.41 Å². The SMILES string of the molecule is CC1(COC(=O)c2ccccc2)CCNCC1.Cl. The van der Waals surface area contributed by atoms with Gasteiger partial charge in [0.2, 0.25) is 0 Å². The van der Waals surface area contributed by atoms with E-state index in [1.807, 2.05) is 18.2 Å². The molecule has 18 heavy (non-hydrogen) atoms. The smallest absolute Gasteiger partial charge is 0.338 e. The molecule has 0 radical (unpaired) electrons.